The number of hydrogen-bond donors (Lipinski definition) is 0. The van der Waals surface area contributed by atoms with Gasteiger partial charge in [-0.3, -0.25) is 14.5 Å². The summed E-state index contributed by atoms with van der Waals surface area (Å²) in [6.07, 6.45) is 2.88. The summed E-state index contributed by atoms with van der Waals surface area (Å²) in [5, 5.41) is 0. The normalized spacial score (nSPS) is 18.4. The Balaban J connectivity index is 2.48. The third-order valence-electron chi connectivity index (χ3n) is 3.59. The smallest absolute Gasteiger partial charge is 0.307 e. The summed E-state index contributed by atoms with van der Waals surface area (Å²) in [6, 6.07) is 0. The highest BCUT2D eigenvalue weighted by Crippen LogP contribution is 2.15. The van der Waals surface area contributed by atoms with Crippen LogP contribution in [0.2, 0.25) is 0 Å². The summed E-state index contributed by atoms with van der Waals surface area (Å²) in [4.78, 5) is 26.0. The van der Waals surface area contributed by atoms with Crippen molar-refractivity contribution in [2.24, 2.45) is 0 Å². The fourth-order valence-corrected chi connectivity index (χ4v) is 2.65. The Bertz CT molecular complexity index is 398. The van der Waals surface area contributed by atoms with Crippen molar-refractivity contribution in [2.45, 2.75) is 84.5 Å². The van der Waals surface area contributed by atoms with Crippen molar-refractivity contribution in [3.8, 4) is 0 Å². The molecule has 25 heavy (non-hydrogen) atoms. The van der Waals surface area contributed by atoms with Gasteiger partial charge in [0.05, 0.1) is 18.9 Å². The van der Waals surface area contributed by atoms with Gasteiger partial charge in [0.1, 0.15) is 11.2 Å². The second-order valence-electron chi connectivity index (χ2n) is 8.61. The fourth-order valence-electron chi connectivity index (χ4n) is 2.65. The molecular formula is C19H35NO5. The summed E-state index contributed by atoms with van der Waals surface area (Å²) >= 11 is 0. The minimum atomic E-state index is -0.479. The van der Waals surface area contributed by atoms with E-state index in [0.29, 0.717) is 25.9 Å². The molecule has 0 radical (unpaired) electrons. The van der Waals surface area contributed by atoms with Gasteiger partial charge in [-0.05, 0) is 54.4 Å². The van der Waals surface area contributed by atoms with Crippen LogP contribution in [0.25, 0.3) is 0 Å². The average Bonchev–Trinajstić information content (AvgIpc) is 2.90. The molecule has 1 rings (SSSR count). The minimum Gasteiger partial charge on any atom is -0.460 e. The van der Waals surface area contributed by atoms with Crippen molar-refractivity contribution in [2.75, 3.05) is 26.2 Å². The molecule has 6 nitrogen and oxygen atoms in total. The zero-order valence-electron chi connectivity index (χ0n) is 16.7. The maximum absolute atomic E-state index is 12.0. The summed E-state index contributed by atoms with van der Waals surface area (Å²) in [6.45, 7) is 13.8. The van der Waals surface area contributed by atoms with Crippen molar-refractivity contribution >= 4 is 11.9 Å². The third-order valence-corrected chi connectivity index (χ3v) is 3.59. The van der Waals surface area contributed by atoms with E-state index in [1.807, 2.05) is 41.5 Å². The van der Waals surface area contributed by atoms with Gasteiger partial charge in [0.25, 0.3) is 0 Å². The Kier molecular flexibility index (Phi) is 8.35. The molecule has 0 saturated carbocycles. The van der Waals surface area contributed by atoms with Gasteiger partial charge >= 0.3 is 11.9 Å². The second kappa shape index (κ2) is 9.53. The van der Waals surface area contributed by atoms with E-state index in [1.54, 1.807) is 0 Å². The Morgan fingerprint density at radius 1 is 0.960 bits per heavy atom. The van der Waals surface area contributed by atoms with E-state index in [-0.39, 0.29) is 18.0 Å². The van der Waals surface area contributed by atoms with Gasteiger partial charge in [-0.1, -0.05) is 0 Å². The number of nitrogens with zero attached hydrogens (tertiary/aromatic N) is 1. The third kappa shape index (κ3) is 11.2. The molecule has 0 bridgehead atoms. The summed E-state index contributed by atoms with van der Waals surface area (Å²) < 4.78 is 16.4. The summed E-state index contributed by atoms with van der Waals surface area (Å²) in [5.74, 6) is -0.441. The van der Waals surface area contributed by atoms with E-state index in [2.05, 4.69) is 4.90 Å². The lowest BCUT2D eigenvalue weighted by atomic mass is 10.2. The maximum atomic E-state index is 12.0. The molecule has 0 aromatic carbocycles. The Morgan fingerprint density at radius 2 is 1.44 bits per heavy atom. The van der Waals surface area contributed by atoms with Gasteiger partial charge < -0.3 is 14.2 Å². The molecule has 1 heterocycles. The van der Waals surface area contributed by atoms with Gasteiger partial charge in [-0.15, -0.1) is 0 Å². The van der Waals surface area contributed by atoms with E-state index in [9.17, 15) is 9.59 Å². The number of ether oxygens (including phenoxy) is 3. The predicted molar refractivity (Wildman–Crippen MR) is 96.3 cm³/mol. The molecule has 1 saturated heterocycles. The monoisotopic (exact) mass is 357 g/mol. The summed E-state index contributed by atoms with van der Waals surface area (Å²) in [5.41, 5.74) is -0.958. The Morgan fingerprint density at radius 3 is 1.80 bits per heavy atom. The quantitative estimate of drug-likeness (QED) is 0.622. The topological polar surface area (TPSA) is 65.1 Å². The lowest BCUT2D eigenvalue weighted by Gasteiger charge is -2.26. The van der Waals surface area contributed by atoms with Crippen LogP contribution >= 0.6 is 0 Å². The van der Waals surface area contributed by atoms with E-state index in [0.717, 1.165) is 26.0 Å². The van der Waals surface area contributed by atoms with Crippen LogP contribution in [0.1, 0.15) is 67.2 Å². The van der Waals surface area contributed by atoms with Crippen LogP contribution in [0.4, 0.5) is 0 Å². The van der Waals surface area contributed by atoms with E-state index < -0.39 is 11.2 Å². The predicted octanol–water partition coefficient (Wildman–Crippen LogP) is 2.93. The second-order valence-corrected chi connectivity index (χ2v) is 8.61. The van der Waals surface area contributed by atoms with Crippen LogP contribution in [-0.2, 0) is 23.8 Å². The van der Waals surface area contributed by atoms with Gasteiger partial charge in [0.2, 0.25) is 0 Å². The Labute approximate surface area is 152 Å². The van der Waals surface area contributed by atoms with Crippen molar-refractivity contribution in [3.63, 3.8) is 0 Å². The maximum Gasteiger partial charge on any atom is 0.307 e. The van der Waals surface area contributed by atoms with Crippen LogP contribution < -0.4 is 0 Å². The van der Waals surface area contributed by atoms with E-state index in [1.165, 1.54) is 0 Å². The molecule has 0 aromatic rings. The van der Waals surface area contributed by atoms with Crippen LogP contribution in [0.15, 0.2) is 0 Å². The number of carbonyl (C=O) groups is 2. The first-order chi connectivity index (χ1) is 11.4. The highest BCUT2D eigenvalue weighted by molar-refractivity contribution is 5.70. The SMILES string of the molecule is CC(C)(C)OC(=O)CCN(CCC(=O)OC(C)(C)C)CC1CCCO1. The van der Waals surface area contributed by atoms with Crippen LogP contribution in [0, 0.1) is 0 Å². The molecule has 146 valence electrons. The Hall–Kier alpha value is -1.14. The lowest BCUT2D eigenvalue weighted by Crippen LogP contribution is -2.37. The average molecular weight is 357 g/mol. The van der Waals surface area contributed by atoms with Crippen LogP contribution in [0.5, 0.6) is 0 Å². The van der Waals surface area contributed by atoms with Crippen LogP contribution in [0.3, 0.4) is 0 Å². The van der Waals surface area contributed by atoms with Crippen LogP contribution in [-0.4, -0.2) is 60.4 Å². The zero-order valence-corrected chi connectivity index (χ0v) is 16.7. The van der Waals surface area contributed by atoms with Crippen molar-refractivity contribution in [1.29, 1.82) is 0 Å². The first-order valence-corrected chi connectivity index (χ1v) is 9.22. The minimum absolute atomic E-state index is 0.178. The van der Waals surface area contributed by atoms with Gasteiger partial charge in [-0.2, -0.15) is 0 Å². The molecule has 0 spiro atoms. The van der Waals surface area contributed by atoms with E-state index in [4.69, 9.17) is 14.2 Å². The molecule has 1 atom stereocenters. The summed E-state index contributed by atoms with van der Waals surface area (Å²) in [7, 11) is 0. The largest absolute Gasteiger partial charge is 0.460 e. The zero-order chi connectivity index (χ0) is 19.1. The van der Waals surface area contributed by atoms with Crippen molar-refractivity contribution in [3.05, 3.63) is 0 Å². The molecule has 0 amide bonds. The molecular weight excluding hydrogens is 322 g/mol. The fraction of sp³-hybridized carbons (Fsp3) is 0.895. The van der Waals surface area contributed by atoms with Gasteiger partial charge in [0, 0.05) is 26.2 Å². The highest BCUT2D eigenvalue weighted by Gasteiger charge is 2.23. The number of carbonyl (C=O) groups excluding carboxylic acids is 2. The molecule has 1 aliphatic rings. The molecule has 0 aliphatic carbocycles. The van der Waals surface area contributed by atoms with E-state index >= 15 is 0 Å². The van der Waals surface area contributed by atoms with Gasteiger partial charge in [0.15, 0.2) is 0 Å². The highest BCUT2D eigenvalue weighted by atomic mass is 16.6. The van der Waals surface area contributed by atoms with Crippen molar-refractivity contribution in [1.82, 2.24) is 4.90 Å². The van der Waals surface area contributed by atoms with Crippen molar-refractivity contribution < 1.29 is 23.8 Å². The standard InChI is InChI=1S/C19H35NO5/c1-18(2,3)24-16(21)9-11-20(14-15-8-7-13-23-15)12-10-17(22)25-19(4,5)6/h15H,7-14H2,1-6H3. The molecule has 1 unspecified atom stereocenters. The molecule has 0 aromatic heterocycles. The number of hydrogen-bond acceptors (Lipinski definition) is 6. The molecule has 1 fully saturated rings. The molecule has 6 heteroatoms. The first-order valence-electron chi connectivity index (χ1n) is 9.22. The first kappa shape index (κ1) is 21.9. The molecule has 1 aliphatic heterocycles. The number of rotatable bonds is 8. The number of esters is 2. The van der Waals surface area contributed by atoms with Gasteiger partial charge in [-0.25, -0.2) is 0 Å². The molecule has 0 N–H and O–H groups in total. The lowest BCUT2D eigenvalue weighted by molar-refractivity contribution is -0.155.